The van der Waals surface area contributed by atoms with Gasteiger partial charge in [0.2, 0.25) is 0 Å². The summed E-state index contributed by atoms with van der Waals surface area (Å²) in [5.74, 6) is -3.44. The number of hydrogen-bond donors (Lipinski definition) is 4. The molecule has 0 radical (unpaired) electrons. The summed E-state index contributed by atoms with van der Waals surface area (Å²) < 4.78 is 0. The molecule has 0 fully saturated rings. The van der Waals surface area contributed by atoms with Crippen LogP contribution in [0.5, 0.6) is 0 Å². The van der Waals surface area contributed by atoms with E-state index in [1.165, 1.54) is 18.2 Å². The van der Waals surface area contributed by atoms with Crippen molar-refractivity contribution in [3.63, 3.8) is 0 Å². The van der Waals surface area contributed by atoms with Crippen molar-refractivity contribution < 1.29 is 34.8 Å². The molecule has 4 N–H and O–H groups in total. The van der Waals surface area contributed by atoms with Crippen LogP contribution in [-0.4, -0.2) is 44.9 Å². The molecule has 0 bridgehead atoms. The lowest BCUT2D eigenvalue weighted by molar-refractivity contribution is -0.140. The van der Waals surface area contributed by atoms with Crippen LogP contribution in [0.4, 0.5) is 0 Å². The number of hydrogen-bond acceptors (Lipinski definition) is 4. The molecular weight excluding hydrogens is 232 g/mol. The molecule has 0 amide bonds. The molecule has 92 valence electrons. The van der Waals surface area contributed by atoms with E-state index in [2.05, 4.69) is 0 Å². The number of carboxylic acids is 3. The van der Waals surface area contributed by atoms with Gasteiger partial charge in [0.25, 0.3) is 0 Å². The summed E-state index contributed by atoms with van der Waals surface area (Å²) in [4.78, 5) is 29.9. The zero-order valence-corrected chi connectivity index (χ0v) is 8.53. The summed E-state index contributed by atoms with van der Waals surface area (Å²) in [7, 11) is 0. The van der Waals surface area contributed by atoms with Crippen LogP contribution in [0.2, 0.25) is 0 Å². The normalized spacial score (nSPS) is 8.76. The topological polar surface area (TPSA) is 132 Å². The quantitative estimate of drug-likeness (QED) is 0.592. The summed E-state index contributed by atoms with van der Waals surface area (Å²) in [6.45, 7) is -0.778. The van der Waals surface area contributed by atoms with Gasteiger partial charge in [-0.3, -0.25) is 0 Å². The van der Waals surface area contributed by atoms with E-state index in [1.54, 1.807) is 0 Å². The lowest BCUT2D eigenvalue weighted by atomic mass is 10.1. The largest absolute Gasteiger partial charge is 0.480 e. The van der Waals surface area contributed by atoms with Gasteiger partial charge in [-0.25, -0.2) is 14.4 Å². The van der Waals surface area contributed by atoms with Gasteiger partial charge >= 0.3 is 17.9 Å². The van der Waals surface area contributed by atoms with E-state index in [4.69, 9.17) is 25.2 Å². The van der Waals surface area contributed by atoms with Crippen LogP contribution < -0.4 is 0 Å². The second-order valence-corrected chi connectivity index (χ2v) is 2.74. The Morgan fingerprint density at radius 3 is 1.53 bits per heavy atom. The summed E-state index contributed by atoms with van der Waals surface area (Å²) in [5.41, 5.74) is -0.0372. The maximum atomic E-state index is 10.4. The van der Waals surface area contributed by atoms with Crippen molar-refractivity contribution >= 4 is 17.9 Å². The molecule has 0 aliphatic carbocycles. The lowest BCUT2D eigenvalue weighted by Gasteiger charge is -1.95. The van der Waals surface area contributed by atoms with Gasteiger partial charge in [0.15, 0.2) is 0 Å². The lowest BCUT2D eigenvalue weighted by Crippen LogP contribution is -2.01. The third-order valence-electron chi connectivity index (χ3n) is 1.49. The van der Waals surface area contributed by atoms with Gasteiger partial charge in [0.1, 0.15) is 6.61 Å². The molecule has 1 aromatic rings. The fraction of sp³-hybridized carbons (Fsp3) is 0.100. The average Bonchev–Trinajstić information content (AvgIpc) is 2.29. The van der Waals surface area contributed by atoms with Crippen LogP contribution in [0.25, 0.3) is 0 Å². The summed E-state index contributed by atoms with van der Waals surface area (Å²) in [5, 5.41) is 32.0. The highest BCUT2D eigenvalue weighted by atomic mass is 16.4. The molecule has 0 aliphatic heterocycles. The van der Waals surface area contributed by atoms with Gasteiger partial charge in [0.05, 0.1) is 11.1 Å². The SMILES string of the molecule is O=C(O)CO.O=C(O)c1cccc(C(=O)O)c1. The van der Waals surface area contributed by atoms with Crippen LogP contribution in [-0.2, 0) is 4.79 Å². The first-order valence-electron chi connectivity index (χ1n) is 4.27. The van der Waals surface area contributed by atoms with Gasteiger partial charge in [-0.05, 0) is 18.2 Å². The first kappa shape index (κ1) is 14.6. The molecule has 0 aromatic heterocycles. The number of benzene rings is 1. The first-order chi connectivity index (χ1) is 7.88. The molecule has 7 heteroatoms. The average molecular weight is 242 g/mol. The molecule has 1 rings (SSSR count). The van der Waals surface area contributed by atoms with Crippen LogP contribution in [0.15, 0.2) is 24.3 Å². The monoisotopic (exact) mass is 242 g/mol. The predicted molar refractivity (Wildman–Crippen MR) is 55.1 cm³/mol. The smallest absolute Gasteiger partial charge is 0.335 e. The molecule has 7 nitrogen and oxygen atoms in total. The van der Waals surface area contributed by atoms with Crippen molar-refractivity contribution in [1.29, 1.82) is 0 Å². The van der Waals surface area contributed by atoms with Crippen LogP contribution in [0.3, 0.4) is 0 Å². The second kappa shape index (κ2) is 6.96. The Bertz CT molecular complexity index is 395. The van der Waals surface area contributed by atoms with Crippen molar-refractivity contribution in [2.75, 3.05) is 6.61 Å². The molecule has 1 aromatic carbocycles. The Kier molecular flexibility index (Phi) is 5.98. The number of carboxylic acid groups (broad SMARTS) is 3. The molecule has 0 saturated heterocycles. The van der Waals surface area contributed by atoms with E-state index in [9.17, 15) is 9.59 Å². The van der Waals surface area contributed by atoms with Crippen LogP contribution >= 0.6 is 0 Å². The number of aliphatic carboxylic acids is 1. The molecular formula is C10H10O7. The molecule has 0 unspecified atom stereocenters. The predicted octanol–water partition coefficient (Wildman–Crippen LogP) is 0.146. The Morgan fingerprint density at radius 1 is 0.941 bits per heavy atom. The Labute approximate surface area is 95.6 Å². The third kappa shape index (κ3) is 5.90. The molecule has 17 heavy (non-hydrogen) atoms. The van der Waals surface area contributed by atoms with Crippen molar-refractivity contribution in [1.82, 2.24) is 0 Å². The number of rotatable bonds is 3. The van der Waals surface area contributed by atoms with Crippen molar-refractivity contribution in [2.24, 2.45) is 0 Å². The van der Waals surface area contributed by atoms with E-state index in [0.717, 1.165) is 6.07 Å². The minimum atomic E-state index is -1.19. The Morgan fingerprint density at radius 2 is 1.29 bits per heavy atom. The zero-order valence-electron chi connectivity index (χ0n) is 8.53. The van der Waals surface area contributed by atoms with Gasteiger partial charge in [-0.1, -0.05) is 6.07 Å². The summed E-state index contributed by atoms with van der Waals surface area (Å²) >= 11 is 0. The maximum absolute atomic E-state index is 10.4. The number of aliphatic hydroxyl groups excluding tert-OH is 1. The fourth-order valence-electron chi connectivity index (χ4n) is 0.785. The van der Waals surface area contributed by atoms with Crippen LogP contribution in [0, 0.1) is 0 Å². The van der Waals surface area contributed by atoms with Gasteiger partial charge < -0.3 is 20.4 Å². The van der Waals surface area contributed by atoms with Gasteiger partial charge in [0, 0.05) is 0 Å². The molecule has 0 heterocycles. The maximum Gasteiger partial charge on any atom is 0.335 e. The number of carbonyl (C=O) groups is 3. The minimum Gasteiger partial charge on any atom is -0.480 e. The van der Waals surface area contributed by atoms with Gasteiger partial charge in [-0.2, -0.15) is 0 Å². The van der Waals surface area contributed by atoms with Crippen molar-refractivity contribution in [3.8, 4) is 0 Å². The summed E-state index contributed by atoms with van der Waals surface area (Å²) in [6, 6.07) is 5.20. The molecule has 0 spiro atoms. The number of aromatic carboxylic acids is 2. The van der Waals surface area contributed by atoms with Crippen molar-refractivity contribution in [3.05, 3.63) is 35.4 Å². The van der Waals surface area contributed by atoms with E-state index in [-0.39, 0.29) is 11.1 Å². The first-order valence-corrected chi connectivity index (χ1v) is 4.27. The fourth-order valence-corrected chi connectivity index (χ4v) is 0.785. The molecule has 0 atom stereocenters. The highest BCUT2D eigenvalue weighted by Gasteiger charge is 2.06. The van der Waals surface area contributed by atoms with Gasteiger partial charge in [-0.15, -0.1) is 0 Å². The van der Waals surface area contributed by atoms with Crippen LogP contribution in [0.1, 0.15) is 20.7 Å². The Balaban J connectivity index is 0.000000437. The highest BCUT2D eigenvalue weighted by molar-refractivity contribution is 5.93. The van der Waals surface area contributed by atoms with E-state index >= 15 is 0 Å². The third-order valence-corrected chi connectivity index (χ3v) is 1.49. The Hall–Kier alpha value is -2.41. The van der Waals surface area contributed by atoms with Crippen molar-refractivity contribution in [2.45, 2.75) is 0 Å². The minimum absolute atomic E-state index is 0.0186. The number of aliphatic hydroxyl groups is 1. The second-order valence-electron chi connectivity index (χ2n) is 2.74. The van der Waals surface area contributed by atoms with E-state index in [0.29, 0.717) is 0 Å². The molecule has 0 aliphatic rings. The van der Waals surface area contributed by atoms with E-state index in [1.807, 2.05) is 0 Å². The van der Waals surface area contributed by atoms with E-state index < -0.39 is 24.5 Å². The summed E-state index contributed by atoms with van der Waals surface area (Å²) in [6.07, 6.45) is 0. The highest BCUT2D eigenvalue weighted by Crippen LogP contribution is 2.04. The molecule has 0 saturated carbocycles. The zero-order chi connectivity index (χ0) is 13.4. The standard InChI is InChI=1S/C8H6O4.C2H4O3/c9-7(10)5-2-1-3-6(4-5)8(11)12;3-1-2(4)5/h1-4H,(H,9,10)(H,11,12);3H,1H2,(H,4,5).